The van der Waals surface area contributed by atoms with E-state index < -0.39 is 17.8 Å². The topological polar surface area (TPSA) is 84.9 Å². The lowest BCUT2D eigenvalue weighted by molar-refractivity contribution is -0.143. The number of benzene rings is 1. The molecule has 1 aromatic carbocycles. The van der Waals surface area contributed by atoms with E-state index in [0.29, 0.717) is 11.3 Å². The summed E-state index contributed by atoms with van der Waals surface area (Å²) in [4.78, 5) is 38.5. The van der Waals surface area contributed by atoms with Gasteiger partial charge in [-0.05, 0) is 56.1 Å². The number of hydrogen-bond donors (Lipinski definition) is 1. The first-order chi connectivity index (χ1) is 18.2. The molecule has 1 amide bonds. The first-order valence-corrected chi connectivity index (χ1v) is 13.6. The van der Waals surface area contributed by atoms with Gasteiger partial charge in [0.1, 0.15) is 18.9 Å². The molecule has 1 heterocycles. The lowest BCUT2D eigenvalue weighted by Gasteiger charge is -2.35. The quantitative estimate of drug-likeness (QED) is 0.220. The number of allylic oxidation sites excluding steroid dienone is 2. The second-order valence-electron chi connectivity index (χ2n) is 9.66. The molecule has 0 aliphatic carbocycles. The van der Waals surface area contributed by atoms with Crippen molar-refractivity contribution in [1.29, 1.82) is 0 Å². The van der Waals surface area contributed by atoms with E-state index in [1.165, 1.54) is 24.8 Å². The van der Waals surface area contributed by atoms with Crippen LogP contribution in [-0.2, 0) is 24.5 Å². The summed E-state index contributed by atoms with van der Waals surface area (Å²) in [6.07, 6.45) is 10.4. The van der Waals surface area contributed by atoms with E-state index in [1.54, 1.807) is 24.3 Å². The summed E-state index contributed by atoms with van der Waals surface area (Å²) in [6, 6.07) is 7.74. The molecule has 0 spiro atoms. The Hall–Kier alpha value is -3.19. The summed E-state index contributed by atoms with van der Waals surface area (Å²) in [7, 11) is 2.16. The summed E-state index contributed by atoms with van der Waals surface area (Å²) in [5, 5.41) is 2.46. The Morgan fingerprint density at radius 1 is 1.11 bits per heavy atom. The van der Waals surface area contributed by atoms with Crippen LogP contribution in [0.2, 0.25) is 0 Å². The molecule has 0 aromatic heterocycles. The number of esters is 2. The zero-order valence-electron chi connectivity index (χ0n) is 23.7. The number of rotatable bonds is 12. The van der Waals surface area contributed by atoms with E-state index in [2.05, 4.69) is 57.3 Å². The van der Waals surface area contributed by atoms with Crippen LogP contribution in [0.1, 0.15) is 71.3 Å². The predicted molar refractivity (Wildman–Crippen MR) is 153 cm³/mol. The largest absolute Gasteiger partial charge is 0.460 e. The first kappa shape index (κ1) is 32.8. The summed E-state index contributed by atoms with van der Waals surface area (Å²) >= 11 is 0. The van der Waals surface area contributed by atoms with Crippen molar-refractivity contribution < 1.29 is 23.9 Å². The van der Waals surface area contributed by atoms with Crippen LogP contribution in [0.4, 0.5) is 0 Å². The molecule has 210 valence electrons. The Kier molecular flexibility index (Phi) is 15.7. The van der Waals surface area contributed by atoms with Crippen molar-refractivity contribution in [2.24, 2.45) is 0 Å². The standard InChI is InChI=1S/C28H38N2O5.C3H8/c1-5-11-22(6-2)20-34-27(33)19-29-25(31)14-15-26(32)35-24-13-10-12-23(18-24)28(7-3)16-8-9-17-30(4)21-28;1-3-2/h5-6,10-13,18H,1-2,7-9,14-17,19-21H2,3-4H3,(H,29,31);3H2,1-2H3/b22-11+;. The van der Waals surface area contributed by atoms with E-state index in [-0.39, 0.29) is 31.4 Å². The van der Waals surface area contributed by atoms with Crippen LogP contribution in [0, 0.1) is 0 Å². The lowest BCUT2D eigenvalue weighted by Crippen LogP contribution is -2.37. The van der Waals surface area contributed by atoms with E-state index in [1.807, 2.05) is 12.1 Å². The van der Waals surface area contributed by atoms with Crippen molar-refractivity contribution in [2.45, 2.75) is 71.1 Å². The highest BCUT2D eigenvalue weighted by Crippen LogP contribution is 2.37. The SMILES string of the molecule is C=C/C=C(\C=C)COC(=O)CNC(=O)CCC(=O)Oc1cccc(C2(CC)CCCCN(C)C2)c1.CCC. The number of carbonyl (C=O) groups excluding carboxylic acids is 3. The number of nitrogens with zero attached hydrogens (tertiary/aromatic N) is 1. The molecule has 38 heavy (non-hydrogen) atoms. The fourth-order valence-corrected chi connectivity index (χ4v) is 4.34. The minimum Gasteiger partial charge on any atom is -0.460 e. The summed E-state index contributed by atoms with van der Waals surface area (Å²) in [6.45, 7) is 15.5. The van der Waals surface area contributed by atoms with Crippen LogP contribution in [0.5, 0.6) is 5.75 Å². The zero-order valence-corrected chi connectivity index (χ0v) is 23.7. The second kappa shape index (κ2) is 18.1. The fourth-order valence-electron chi connectivity index (χ4n) is 4.34. The third kappa shape index (κ3) is 11.9. The minimum absolute atomic E-state index is 0.0378. The molecule has 1 unspecified atom stereocenters. The maximum atomic E-state index is 12.3. The highest BCUT2D eigenvalue weighted by atomic mass is 16.5. The van der Waals surface area contributed by atoms with Gasteiger partial charge >= 0.3 is 11.9 Å². The molecular weight excluding hydrogens is 480 g/mol. The molecule has 0 saturated carbocycles. The number of carbonyl (C=O) groups is 3. The Morgan fingerprint density at radius 3 is 2.50 bits per heavy atom. The summed E-state index contributed by atoms with van der Waals surface area (Å²) in [5.74, 6) is -1.01. The van der Waals surface area contributed by atoms with Crippen molar-refractivity contribution in [2.75, 3.05) is 33.3 Å². The van der Waals surface area contributed by atoms with Crippen LogP contribution in [0.15, 0.2) is 61.2 Å². The molecule has 1 N–H and O–H groups in total. The molecule has 0 radical (unpaired) electrons. The normalized spacial score (nSPS) is 17.7. The molecule has 1 aliphatic rings. The van der Waals surface area contributed by atoms with E-state index in [4.69, 9.17) is 9.47 Å². The third-order valence-corrected chi connectivity index (χ3v) is 6.35. The molecule has 7 nitrogen and oxygen atoms in total. The zero-order chi connectivity index (χ0) is 28.4. The average Bonchev–Trinajstić information content (AvgIpc) is 3.11. The van der Waals surface area contributed by atoms with Gasteiger partial charge < -0.3 is 19.7 Å². The Bertz CT molecular complexity index is 955. The molecule has 1 atom stereocenters. The smallest absolute Gasteiger partial charge is 0.325 e. The van der Waals surface area contributed by atoms with Gasteiger partial charge in [0.15, 0.2) is 0 Å². The second-order valence-corrected chi connectivity index (χ2v) is 9.66. The van der Waals surface area contributed by atoms with Gasteiger partial charge in [-0.25, -0.2) is 0 Å². The Balaban J connectivity index is 0.00000229. The summed E-state index contributed by atoms with van der Waals surface area (Å²) < 4.78 is 10.6. The number of likely N-dealkylation sites (tertiary alicyclic amines) is 1. The Morgan fingerprint density at radius 2 is 1.84 bits per heavy atom. The van der Waals surface area contributed by atoms with Gasteiger partial charge in [0.25, 0.3) is 0 Å². The lowest BCUT2D eigenvalue weighted by atomic mass is 9.74. The van der Waals surface area contributed by atoms with Crippen LogP contribution in [0.3, 0.4) is 0 Å². The number of amides is 1. The van der Waals surface area contributed by atoms with Crippen molar-refractivity contribution in [3.63, 3.8) is 0 Å². The first-order valence-electron chi connectivity index (χ1n) is 13.6. The van der Waals surface area contributed by atoms with Crippen molar-refractivity contribution >= 4 is 17.8 Å². The van der Waals surface area contributed by atoms with Crippen molar-refractivity contribution in [1.82, 2.24) is 10.2 Å². The average molecular weight is 527 g/mol. The van der Waals surface area contributed by atoms with Gasteiger partial charge in [-0.3, -0.25) is 14.4 Å². The van der Waals surface area contributed by atoms with E-state index in [0.717, 1.165) is 25.9 Å². The summed E-state index contributed by atoms with van der Waals surface area (Å²) in [5.41, 5.74) is 1.91. The fraction of sp³-hybridized carbons (Fsp3) is 0.516. The Labute approximate surface area is 229 Å². The number of hydrogen-bond acceptors (Lipinski definition) is 6. The molecule has 1 fully saturated rings. The molecule has 7 heteroatoms. The highest BCUT2D eigenvalue weighted by Gasteiger charge is 2.33. The molecule has 1 aromatic rings. The minimum atomic E-state index is -0.580. The van der Waals surface area contributed by atoms with Crippen LogP contribution >= 0.6 is 0 Å². The van der Waals surface area contributed by atoms with Crippen LogP contribution < -0.4 is 10.1 Å². The highest BCUT2D eigenvalue weighted by molar-refractivity contribution is 5.85. The van der Waals surface area contributed by atoms with Crippen LogP contribution in [0.25, 0.3) is 0 Å². The van der Waals surface area contributed by atoms with E-state index in [9.17, 15) is 14.4 Å². The maximum absolute atomic E-state index is 12.3. The number of ether oxygens (including phenoxy) is 2. The van der Waals surface area contributed by atoms with Gasteiger partial charge in [-0.15, -0.1) is 0 Å². The van der Waals surface area contributed by atoms with Crippen molar-refractivity contribution in [3.8, 4) is 5.75 Å². The van der Waals surface area contributed by atoms with Gasteiger partial charge in [0.05, 0.1) is 6.42 Å². The van der Waals surface area contributed by atoms with E-state index >= 15 is 0 Å². The predicted octanol–water partition coefficient (Wildman–Crippen LogP) is 5.51. The monoisotopic (exact) mass is 526 g/mol. The number of likely N-dealkylation sites (N-methyl/N-ethyl adjacent to an activating group) is 1. The van der Waals surface area contributed by atoms with Crippen molar-refractivity contribution in [3.05, 3.63) is 66.8 Å². The van der Waals surface area contributed by atoms with Gasteiger partial charge in [0, 0.05) is 18.4 Å². The molecule has 1 aliphatic heterocycles. The number of nitrogens with one attached hydrogen (secondary N) is 1. The molecule has 1 saturated heterocycles. The molecular formula is C31H46N2O5. The third-order valence-electron chi connectivity index (χ3n) is 6.35. The van der Waals surface area contributed by atoms with Gasteiger partial charge in [-0.1, -0.05) is 77.1 Å². The maximum Gasteiger partial charge on any atom is 0.325 e. The van der Waals surface area contributed by atoms with Gasteiger partial charge in [0.2, 0.25) is 5.91 Å². The molecule has 0 bridgehead atoms. The van der Waals surface area contributed by atoms with Gasteiger partial charge in [-0.2, -0.15) is 0 Å². The molecule has 2 rings (SSSR count). The van der Waals surface area contributed by atoms with Crippen LogP contribution in [-0.4, -0.2) is 56.0 Å².